The minimum Gasteiger partial charge on any atom is -0.366 e. The topological polar surface area (TPSA) is 133 Å². The van der Waals surface area contributed by atoms with Crippen molar-refractivity contribution in [3.63, 3.8) is 0 Å². The predicted molar refractivity (Wildman–Crippen MR) is 77.2 cm³/mol. The van der Waals surface area contributed by atoms with Gasteiger partial charge in [-0.05, 0) is 36.1 Å². The van der Waals surface area contributed by atoms with Crippen molar-refractivity contribution in [2.75, 3.05) is 5.32 Å². The number of hydrogen-bond acceptors (Lipinski definition) is 5. The van der Waals surface area contributed by atoms with Gasteiger partial charge in [-0.2, -0.15) is 4.68 Å². The zero-order valence-electron chi connectivity index (χ0n) is 11.6. The van der Waals surface area contributed by atoms with Gasteiger partial charge in [0.2, 0.25) is 11.8 Å². The Morgan fingerprint density at radius 1 is 1.36 bits per heavy atom. The van der Waals surface area contributed by atoms with E-state index in [1.54, 1.807) is 6.92 Å². The highest BCUT2D eigenvalue weighted by atomic mass is 16.6. The van der Waals surface area contributed by atoms with Crippen LogP contribution in [-0.2, 0) is 11.3 Å². The SMILES string of the molecule is Cc1cc([N+](=O)[O-])nn1CC(=O)Nc1ccc(C(N)=O)cc1. The van der Waals surface area contributed by atoms with Crippen LogP contribution in [0.4, 0.5) is 11.5 Å². The Bertz CT molecular complexity index is 735. The predicted octanol–water partition coefficient (Wildman–Crippen LogP) is 0.837. The van der Waals surface area contributed by atoms with Crippen molar-refractivity contribution in [2.24, 2.45) is 5.73 Å². The molecule has 1 heterocycles. The summed E-state index contributed by atoms with van der Waals surface area (Å²) in [5.74, 6) is -1.26. The number of nitrogens with two attached hydrogens (primary N) is 1. The molecule has 2 amide bonds. The molecule has 22 heavy (non-hydrogen) atoms. The van der Waals surface area contributed by atoms with E-state index >= 15 is 0 Å². The first-order valence-corrected chi connectivity index (χ1v) is 6.25. The summed E-state index contributed by atoms with van der Waals surface area (Å²) in [5, 5.41) is 16.9. The lowest BCUT2D eigenvalue weighted by Gasteiger charge is -2.05. The fourth-order valence-electron chi connectivity index (χ4n) is 1.80. The number of rotatable bonds is 5. The Balaban J connectivity index is 2.03. The van der Waals surface area contributed by atoms with Crippen molar-refractivity contribution < 1.29 is 14.5 Å². The first-order valence-electron chi connectivity index (χ1n) is 6.25. The van der Waals surface area contributed by atoms with Gasteiger partial charge in [0.15, 0.2) is 0 Å². The molecule has 0 saturated carbocycles. The molecule has 0 saturated heterocycles. The Hall–Kier alpha value is -3.23. The number of aromatic nitrogens is 2. The molecule has 0 aliphatic heterocycles. The molecule has 114 valence electrons. The van der Waals surface area contributed by atoms with E-state index in [1.807, 2.05) is 0 Å². The number of nitrogens with zero attached hydrogens (tertiary/aromatic N) is 3. The second-order valence-corrected chi connectivity index (χ2v) is 4.55. The summed E-state index contributed by atoms with van der Waals surface area (Å²) in [5.41, 5.74) is 6.43. The van der Waals surface area contributed by atoms with E-state index < -0.39 is 16.7 Å². The Labute approximate surface area is 124 Å². The first-order chi connectivity index (χ1) is 10.4. The van der Waals surface area contributed by atoms with Crippen molar-refractivity contribution in [1.29, 1.82) is 0 Å². The van der Waals surface area contributed by atoms with Gasteiger partial charge in [0.25, 0.3) is 0 Å². The van der Waals surface area contributed by atoms with Crippen molar-refractivity contribution in [3.05, 3.63) is 51.7 Å². The standard InChI is InChI=1S/C13H13N5O4/c1-8-6-11(18(21)22)16-17(8)7-12(19)15-10-4-2-9(3-5-10)13(14)20/h2-6H,7H2,1H3,(H2,14,20)(H,15,19). The maximum absolute atomic E-state index is 11.9. The van der Waals surface area contributed by atoms with E-state index in [9.17, 15) is 19.7 Å². The number of primary amides is 1. The molecule has 2 rings (SSSR count). The largest absolute Gasteiger partial charge is 0.390 e. The second-order valence-electron chi connectivity index (χ2n) is 4.55. The summed E-state index contributed by atoms with van der Waals surface area (Å²) >= 11 is 0. The maximum atomic E-state index is 11.9. The summed E-state index contributed by atoms with van der Waals surface area (Å²) in [6.07, 6.45) is 0. The van der Waals surface area contributed by atoms with Crippen LogP contribution in [0, 0.1) is 17.0 Å². The number of hydrogen-bond donors (Lipinski definition) is 2. The third kappa shape index (κ3) is 3.45. The number of amides is 2. The van der Waals surface area contributed by atoms with Gasteiger partial charge in [-0.1, -0.05) is 0 Å². The van der Waals surface area contributed by atoms with Gasteiger partial charge in [0.05, 0.1) is 16.9 Å². The second kappa shape index (κ2) is 6.04. The van der Waals surface area contributed by atoms with Gasteiger partial charge in [-0.3, -0.25) is 9.59 Å². The molecular formula is C13H13N5O4. The number of aryl methyl sites for hydroxylation is 1. The van der Waals surface area contributed by atoms with Crippen LogP contribution in [0.2, 0.25) is 0 Å². The van der Waals surface area contributed by atoms with Gasteiger partial charge in [-0.15, -0.1) is 0 Å². The Kier molecular flexibility index (Phi) is 4.16. The summed E-state index contributed by atoms with van der Waals surface area (Å²) in [4.78, 5) is 32.8. The molecule has 9 heteroatoms. The molecular weight excluding hydrogens is 290 g/mol. The van der Waals surface area contributed by atoms with E-state index in [4.69, 9.17) is 5.73 Å². The molecule has 0 radical (unpaired) electrons. The highest BCUT2D eigenvalue weighted by Gasteiger charge is 2.17. The fourth-order valence-corrected chi connectivity index (χ4v) is 1.80. The molecule has 0 bridgehead atoms. The summed E-state index contributed by atoms with van der Waals surface area (Å²) in [6, 6.07) is 7.34. The quantitative estimate of drug-likeness (QED) is 0.623. The fraction of sp³-hybridized carbons (Fsp3) is 0.154. The number of carbonyl (C=O) groups is 2. The van der Waals surface area contributed by atoms with Crippen LogP contribution < -0.4 is 11.1 Å². The molecule has 9 nitrogen and oxygen atoms in total. The van der Waals surface area contributed by atoms with Crippen LogP contribution in [-0.4, -0.2) is 26.5 Å². The van der Waals surface area contributed by atoms with E-state index in [0.29, 0.717) is 16.9 Å². The zero-order valence-corrected chi connectivity index (χ0v) is 11.6. The minimum atomic E-state index is -0.621. The van der Waals surface area contributed by atoms with Crippen LogP contribution in [0.3, 0.4) is 0 Å². The molecule has 1 aromatic carbocycles. The first kappa shape index (κ1) is 15.2. The van der Waals surface area contributed by atoms with Crippen LogP contribution in [0.1, 0.15) is 16.1 Å². The zero-order chi connectivity index (χ0) is 16.3. The summed E-state index contributed by atoms with van der Waals surface area (Å²) in [6.45, 7) is 1.46. The minimum absolute atomic E-state index is 0.156. The summed E-state index contributed by atoms with van der Waals surface area (Å²) < 4.78 is 1.24. The molecule has 2 aromatic rings. The van der Waals surface area contributed by atoms with Crippen LogP contribution in [0.15, 0.2) is 30.3 Å². The van der Waals surface area contributed by atoms with Gasteiger partial charge < -0.3 is 21.2 Å². The van der Waals surface area contributed by atoms with E-state index in [2.05, 4.69) is 10.4 Å². The number of anilines is 1. The number of nitro groups is 1. The molecule has 0 atom stereocenters. The number of nitrogens with one attached hydrogen (secondary N) is 1. The van der Waals surface area contributed by atoms with E-state index in [0.717, 1.165) is 0 Å². The molecule has 0 unspecified atom stereocenters. The van der Waals surface area contributed by atoms with Crippen molar-refractivity contribution in [2.45, 2.75) is 13.5 Å². The Morgan fingerprint density at radius 2 is 2.00 bits per heavy atom. The maximum Gasteiger partial charge on any atom is 0.390 e. The lowest BCUT2D eigenvalue weighted by Crippen LogP contribution is -2.20. The Morgan fingerprint density at radius 3 is 2.50 bits per heavy atom. The molecule has 3 N–H and O–H groups in total. The molecule has 0 spiro atoms. The lowest BCUT2D eigenvalue weighted by atomic mass is 10.2. The van der Waals surface area contributed by atoms with Gasteiger partial charge >= 0.3 is 5.82 Å². The smallest absolute Gasteiger partial charge is 0.366 e. The lowest BCUT2D eigenvalue weighted by molar-refractivity contribution is -0.389. The molecule has 1 aromatic heterocycles. The average Bonchev–Trinajstić information content (AvgIpc) is 2.81. The van der Waals surface area contributed by atoms with Gasteiger partial charge in [0.1, 0.15) is 6.54 Å². The monoisotopic (exact) mass is 303 g/mol. The number of benzene rings is 1. The van der Waals surface area contributed by atoms with Gasteiger partial charge in [0, 0.05) is 11.3 Å². The van der Waals surface area contributed by atoms with Crippen LogP contribution in [0.5, 0.6) is 0 Å². The van der Waals surface area contributed by atoms with Gasteiger partial charge in [-0.25, -0.2) is 0 Å². The molecule has 0 aliphatic carbocycles. The highest BCUT2D eigenvalue weighted by molar-refractivity contribution is 5.94. The third-order valence-electron chi connectivity index (χ3n) is 2.90. The van der Waals surface area contributed by atoms with Crippen molar-refractivity contribution in [3.8, 4) is 0 Å². The third-order valence-corrected chi connectivity index (χ3v) is 2.90. The normalized spacial score (nSPS) is 10.2. The summed E-state index contributed by atoms with van der Waals surface area (Å²) in [7, 11) is 0. The molecule has 0 aliphatic rings. The number of carbonyl (C=O) groups excluding carboxylic acids is 2. The van der Waals surface area contributed by atoms with Crippen molar-refractivity contribution >= 4 is 23.3 Å². The van der Waals surface area contributed by atoms with E-state index in [1.165, 1.54) is 35.0 Å². The van der Waals surface area contributed by atoms with Crippen molar-refractivity contribution in [1.82, 2.24) is 9.78 Å². The highest BCUT2D eigenvalue weighted by Crippen LogP contribution is 2.12. The average molecular weight is 303 g/mol. The van der Waals surface area contributed by atoms with Crippen LogP contribution in [0.25, 0.3) is 0 Å². The van der Waals surface area contributed by atoms with Crippen LogP contribution >= 0.6 is 0 Å². The molecule has 0 fully saturated rings. The van der Waals surface area contributed by atoms with E-state index in [-0.39, 0.29) is 12.4 Å².